The number of aromatic nitrogens is 1. The van der Waals surface area contributed by atoms with Gasteiger partial charge in [0.2, 0.25) is 0 Å². The summed E-state index contributed by atoms with van der Waals surface area (Å²) in [5.74, 6) is 0. The van der Waals surface area contributed by atoms with E-state index < -0.39 is 0 Å². The number of rotatable bonds is 2. The number of hydrogen-bond acceptors (Lipinski definition) is 1. The molecular formula is C25H27N. The van der Waals surface area contributed by atoms with E-state index in [-0.39, 0.29) is 10.8 Å². The van der Waals surface area contributed by atoms with E-state index in [0.717, 1.165) is 11.3 Å². The lowest BCUT2D eigenvalue weighted by Gasteiger charge is -2.42. The maximum atomic E-state index is 4.76. The molecule has 0 amide bonds. The van der Waals surface area contributed by atoms with Crippen molar-refractivity contribution in [2.75, 3.05) is 0 Å². The smallest absolute Gasteiger partial charge is 0.0702 e. The molecular weight excluding hydrogens is 314 g/mol. The van der Waals surface area contributed by atoms with Crippen molar-refractivity contribution in [1.29, 1.82) is 0 Å². The Labute approximate surface area is 157 Å². The summed E-state index contributed by atoms with van der Waals surface area (Å²) in [6.07, 6.45) is 4.46. The molecule has 2 aromatic carbocycles. The summed E-state index contributed by atoms with van der Waals surface area (Å²) in [4.78, 5) is 4.76. The fraction of sp³-hybridized carbons (Fsp3) is 0.320. The van der Waals surface area contributed by atoms with Crippen LogP contribution in [-0.2, 0) is 10.8 Å². The van der Waals surface area contributed by atoms with E-state index in [0.29, 0.717) is 0 Å². The second kappa shape index (κ2) is 6.09. The molecule has 0 N–H and O–H groups in total. The van der Waals surface area contributed by atoms with Gasteiger partial charge >= 0.3 is 0 Å². The molecule has 0 spiro atoms. The van der Waals surface area contributed by atoms with Gasteiger partial charge in [0.1, 0.15) is 0 Å². The predicted molar refractivity (Wildman–Crippen MR) is 110 cm³/mol. The molecule has 132 valence electrons. The lowest BCUT2D eigenvalue weighted by molar-refractivity contribution is 0.332. The first-order valence-corrected chi connectivity index (χ1v) is 9.54. The van der Waals surface area contributed by atoms with Crippen LogP contribution in [-0.4, -0.2) is 4.98 Å². The summed E-state index contributed by atoms with van der Waals surface area (Å²) in [5, 5.41) is 0. The van der Waals surface area contributed by atoms with Gasteiger partial charge in [0.25, 0.3) is 0 Å². The highest BCUT2D eigenvalue weighted by Gasteiger charge is 2.36. The average molecular weight is 341 g/mol. The molecule has 1 aliphatic carbocycles. The van der Waals surface area contributed by atoms with E-state index in [1.807, 2.05) is 12.3 Å². The highest BCUT2D eigenvalue weighted by atomic mass is 14.7. The van der Waals surface area contributed by atoms with Crippen LogP contribution in [0, 0.1) is 0 Å². The number of benzene rings is 2. The second-order valence-electron chi connectivity index (χ2n) is 8.83. The Morgan fingerprint density at radius 3 is 1.96 bits per heavy atom. The first-order valence-electron chi connectivity index (χ1n) is 9.54. The zero-order valence-electron chi connectivity index (χ0n) is 16.2. The van der Waals surface area contributed by atoms with Crippen LogP contribution in [0.5, 0.6) is 0 Å². The van der Waals surface area contributed by atoms with E-state index in [4.69, 9.17) is 4.98 Å². The zero-order chi connectivity index (χ0) is 18.4. The quantitative estimate of drug-likeness (QED) is 0.501. The summed E-state index contributed by atoms with van der Waals surface area (Å²) in [5.41, 5.74) is 8.10. The third-order valence-corrected chi connectivity index (χ3v) is 6.02. The van der Waals surface area contributed by atoms with Crippen LogP contribution in [0.1, 0.15) is 51.7 Å². The molecule has 0 radical (unpaired) electrons. The Balaban J connectivity index is 1.73. The lowest BCUT2D eigenvalue weighted by Crippen LogP contribution is -2.33. The molecule has 0 aliphatic heterocycles. The largest absolute Gasteiger partial charge is 0.256 e. The molecule has 0 saturated heterocycles. The maximum absolute atomic E-state index is 4.76. The van der Waals surface area contributed by atoms with E-state index in [9.17, 15) is 0 Å². The monoisotopic (exact) mass is 341 g/mol. The SMILES string of the molecule is CC1(C)CCC(C)(C)c2cc(-c3ccc(-c4ccccc4)cn3)ccc21. The second-order valence-corrected chi connectivity index (χ2v) is 8.83. The van der Waals surface area contributed by atoms with Crippen LogP contribution in [0.15, 0.2) is 66.9 Å². The summed E-state index contributed by atoms with van der Waals surface area (Å²) in [6.45, 7) is 9.48. The molecule has 4 rings (SSSR count). The maximum Gasteiger partial charge on any atom is 0.0702 e. The first-order chi connectivity index (χ1) is 12.4. The Bertz CT molecular complexity index is 918. The third kappa shape index (κ3) is 2.96. The van der Waals surface area contributed by atoms with Gasteiger partial charge in [-0.05, 0) is 52.5 Å². The van der Waals surface area contributed by atoms with Crippen molar-refractivity contribution in [1.82, 2.24) is 4.98 Å². The van der Waals surface area contributed by atoms with Gasteiger partial charge in [0.05, 0.1) is 5.69 Å². The van der Waals surface area contributed by atoms with Gasteiger partial charge in [-0.3, -0.25) is 4.98 Å². The summed E-state index contributed by atoms with van der Waals surface area (Å²) < 4.78 is 0. The fourth-order valence-corrected chi connectivity index (χ4v) is 4.11. The van der Waals surface area contributed by atoms with Crippen LogP contribution >= 0.6 is 0 Å². The van der Waals surface area contributed by atoms with E-state index in [1.54, 1.807) is 0 Å². The molecule has 0 unspecified atom stereocenters. The summed E-state index contributed by atoms with van der Waals surface area (Å²) >= 11 is 0. The Morgan fingerprint density at radius 2 is 1.31 bits per heavy atom. The van der Waals surface area contributed by atoms with E-state index >= 15 is 0 Å². The number of nitrogens with zero attached hydrogens (tertiary/aromatic N) is 1. The minimum Gasteiger partial charge on any atom is -0.256 e. The molecule has 0 bridgehead atoms. The molecule has 3 aromatic rings. The van der Waals surface area contributed by atoms with Crippen molar-refractivity contribution in [2.24, 2.45) is 0 Å². The van der Waals surface area contributed by atoms with Gasteiger partial charge in [-0.25, -0.2) is 0 Å². The Kier molecular flexibility index (Phi) is 3.99. The molecule has 0 saturated carbocycles. The number of pyridine rings is 1. The molecule has 26 heavy (non-hydrogen) atoms. The van der Waals surface area contributed by atoms with Gasteiger partial charge in [-0.1, -0.05) is 76.2 Å². The molecule has 1 heterocycles. The standard InChI is InChI=1S/C25H27N/c1-24(2)14-15-25(3,4)22-16-19(10-12-21(22)24)23-13-11-20(17-26-23)18-8-6-5-7-9-18/h5-13,16-17H,14-15H2,1-4H3. The first kappa shape index (κ1) is 17.0. The van der Waals surface area contributed by atoms with Gasteiger partial charge in [-0.2, -0.15) is 0 Å². The van der Waals surface area contributed by atoms with Gasteiger partial charge in [0.15, 0.2) is 0 Å². The number of fused-ring (bicyclic) bond motifs is 1. The fourth-order valence-electron chi connectivity index (χ4n) is 4.11. The molecule has 1 aromatic heterocycles. The van der Waals surface area contributed by atoms with Crippen LogP contribution in [0.4, 0.5) is 0 Å². The van der Waals surface area contributed by atoms with Crippen molar-refractivity contribution in [3.8, 4) is 22.4 Å². The van der Waals surface area contributed by atoms with Crippen LogP contribution < -0.4 is 0 Å². The summed E-state index contributed by atoms with van der Waals surface area (Å²) in [6, 6.07) is 21.7. The van der Waals surface area contributed by atoms with Crippen molar-refractivity contribution in [3.63, 3.8) is 0 Å². The zero-order valence-corrected chi connectivity index (χ0v) is 16.2. The molecule has 0 fully saturated rings. The normalized spacial score (nSPS) is 17.5. The molecule has 0 atom stereocenters. The van der Waals surface area contributed by atoms with E-state index in [1.165, 1.54) is 35.1 Å². The molecule has 1 nitrogen and oxygen atoms in total. The van der Waals surface area contributed by atoms with Crippen molar-refractivity contribution >= 4 is 0 Å². The van der Waals surface area contributed by atoms with Crippen LogP contribution in [0.3, 0.4) is 0 Å². The van der Waals surface area contributed by atoms with Crippen molar-refractivity contribution in [2.45, 2.75) is 51.4 Å². The van der Waals surface area contributed by atoms with Crippen LogP contribution in [0.2, 0.25) is 0 Å². The van der Waals surface area contributed by atoms with Gasteiger partial charge < -0.3 is 0 Å². The predicted octanol–water partition coefficient (Wildman–Crippen LogP) is 6.76. The minimum absolute atomic E-state index is 0.227. The molecule has 1 aliphatic rings. The van der Waals surface area contributed by atoms with Crippen molar-refractivity contribution < 1.29 is 0 Å². The molecule has 1 heteroatoms. The van der Waals surface area contributed by atoms with Gasteiger partial charge in [-0.15, -0.1) is 0 Å². The van der Waals surface area contributed by atoms with Crippen LogP contribution in [0.25, 0.3) is 22.4 Å². The number of hydrogen-bond donors (Lipinski definition) is 0. The Hall–Kier alpha value is -2.41. The topological polar surface area (TPSA) is 12.9 Å². The lowest BCUT2D eigenvalue weighted by atomic mass is 9.63. The summed E-state index contributed by atoms with van der Waals surface area (Å²) in [7, 11) is 0. The van der Waals surface area contributed by atoms with Crippen molar-refractivity contribution in [3.05, 3.63) is 78.0 Å². The highest BCUT2D eigenvalue weighted by Crippen LogP contribution is 2.46. The van der Waals surface area contributed by atoms with E-state index in [2.05, 4.69) is 82.3 Å². The van der Waals surface area contributed by atoms with Gasteiger partial charge in [0, 0.05) is 17.3 Å². The highest BCUT2D eigenvalue weighted by molar-refractivity contribution is 5.68. The average Bonchev–Trinajstić information content (AvgIpc) is 2.66. The minimum atomic E-state index is 0.227. The Morgan fingerprint density at radius 1 is 0.654 bits per heavy atom. The third-order valence-electron chi connectivity index (χ3n) is 6.02.